The number of benzene rings is 1. The quantitative estimate of drug-likeness (QED) is 0.234. The van der Waals surface area contributed by atoms with E-state index in [0.29, 0.717) is 13.0 Å². The number of hydrogen-bond acceptors (Lipinski definition) is 2. The van der Waals surface area contributed by atoms with Crippen molar-refractivity contribution in [2.24, 2.45) is 17.8 Å². The molecule has 4 unspecified atom stereocenters. The molecule has 0 saturated heterocycles. The minimum Gasteiger partial charge on any atom is -0.481 e. The largest absolute Gasteiger partial charge is 0.481 e. The van der Waals surface area contributed by atoms with E-state index in [0.717, 1.165) is 36.2 Å². The number of carboxylic acids is 1. The fourth-order valence-electron chi connectivity index (χ4n) is 5.01. The molecule has 3 rings (SSSR count). The van der Waals surface area contributed by atoms with Crippen molar-refractivity contribution < 1.29 is 14.6 Å². The molecule has 0 spiro atoms. The zero-order chi connectivity index (χ0) is 23.2. The summed E-state index contributed by atoms with van der Waals surface area (Å²) in [6, 6.07) is 8.32. The summed E-state index contributed by atoms with van der Waals surface area (Å²) in [6.45, 7) is 7.18. The van der Waals surface area contributed by atoms with Crippen molar-refractivity contribution in [3.63, 3.8) is 0 Å². The predicted octanol–water partition coefficient (Wildman–Crippen LogP) is 8.10. The van der Waals surface area contributed by atoms with Crippen LogP contribution in [0.2, 0.25) is 0 Å². The van der Waals surface area contributed by atoms with Gasteiger partial charge in [-0.3, -0.25) is 4.79 Å². The monoisotopic (exact) mass is 442 g/mol. The van der Waals surface area contributed by atoms with Gasteiger partial charge in [-0.25, -0.2) is 0 Å². The van der Waals surface area contributed by atoms with E-state index in [1.54, 1.807) is 0 Å². The summed E-state index contributed by atoms with van der Waals surface area (Å²) in [5.74, 6) is 2.25. The van der Waals surface area contributed by atoms with E-state index in [1.807, 2.05) is 0 Å². The number of ether oxygens (including phenoxy) is 1. The molecule has 32 heavy (non-hydrogen) atoms. The van der Waals surface area contributed by atoms with Gasteiger partial charge in [0.25, 0.3) is 0 Å². The molecule has 0 radical (unpaired) electrons. The van der Waals surface area contributed by atoms with Crippen LogP contribution in [-0.4, -0.2) is 17.2 Å². The summed E-state index contributed by atoms with van der Waals surface area (Å²) in [7, 11) is 0. The van der Waals surface area contributed by atoms with E-state index < -0.39 is 5.97 Å². The number of hydrogen-bond donors (Lipinski definition) is 1. The number of carboxylic acid groups (broad SMARTS) is 1. The molecule has 1 N–H and O–H groups in total. The number of aliphatic carboxylic acids is 1. The first-order chi connectivity index (χ1) is 15.5. The van der Waals surface area contributed by atoms with Gasteiger partial charge in [0, 0.05) is 6.42 Å². The number of carbonyl (C=O) groups is 1. The van der Waals surface area contributed by atoms with Crippen LogP contribution in [0.1, 0.15) is 102 Å². The highest BCUT2D eigenvalue weighted by molar-refractivity contribution is 5.66. The standard InChI is InChI=1S/C20H32O3.C9H14/c1-3-4-5-6-7-8-9-19(14-15-20(21)22)23-16-18-12-10-17(2)11-13-18;1-2-8-5-7-3-4-9(8)6-7/h10-13,19H,3-9,14-16H2,1-2H3,(H,21,22);3-4,7-9H,2,5-6H2,1H3. The van der Waals surface area contributed by atoms with Crippen molar-refractivity contribution in [2.75, 3.05) is 0 Å². The lowest BCUT2D eigenvalue weighted by molar-refractivity contribution is -0.138. The van der Waals surface area contributed by atoms with Crippen molar-refractivity contribution in [1.82, 2.24) is 0 Å². The molecular formula is C29H46O3. The molecule has 2 aliphatic rings. The summed E-state index contributed by atoms with van der Waals surface area (Å²) in [5, 5.41) is 8.89. The van der Waals surface area contributed by atoms with Gasteiger partial charge in [0.05, 0.1) is 12.7 Å². The molecule has 2 aliphatic carbocycles. The Morgan fingerprint density at radius 3 is 2.28 bits per heavy atom. The Morgan fingerprint density at radius 1 is 1.00 bits per heavy atom. The van der Waals surface area contributed by atoms with Gasteiger partial charge in [0.1, 0.15) is 0 Å². The van der Waals surface area contributed by atoms with Gasteiger partial charge < -0.3 is 9.84 Å². The molecule has 1 fully saturated rings. The highest BCUT2D eigenvalue weighted by atomic mass is 16.5. The van der Waals surface area contributed by atoms with E-state index in [4.69, 9.17) is 9.84 Å². The van der Waals surface area contributed by atoms with Crippen LogP contribution in [0.5, 0.6) is 0 Å². The second kappa shape index (κ2) is 15.3. The van der Waals surface area contributed by atoms with Crippen LogP contribution in [0.15, 0.2) is 36.4 Å². The van der Waals surface area contributed by atoms with Gasteiger partial charge in [-0.1, -0.05) is 101 Å². The molecule has 0 heterocycles. The normalized spacial score (nSPS) is 21.9. The first-order valence-corrected chi connectivity index (χ1v) is 13.1. The lowest BCUT2D eigenvalue weighted by atomic mass is 9.91. The molecule has 0 aliphatic heterocycles. The van der Waals surface area contributed by atoms with Gasteiger partial charge >= 0.3 is 5.97 Å². The van der Waals surface area contributed by atoms with Gasteiger partial charge in [-0.2, -0.15) is 0 Å². The molecule has 1 aromatic carbocycles. The van der Waals surface area contributed by atoms with E-state index >= 15 is 0 Å². The van der Waals surface area contributed by atoms with Crippen LogP contribution in [0, 0.1) is 24.7 Å². The molecule has 4 atom stereocenters. The number of allylic oxidation sites excluding steroid dienone is 2. The molecule has 1 saturated carbocycles. The molecular weight excluding hydrogens is 396 g/mol. The smallest absolute Gasteiger partial charge is 0.303 e. The Morgan fingerprint density at radius 2 is 1.72 bits per heavy atom. The van der Waals surface area contributed by atoms with E-state index in [1.165, 1.54) is 56.9 Å². The molecule has 3 nitrogen and oxygen atoms in total. The summed E-state index contributed by atoms with van der Waals surface area (Å²) < 4.78 is 5.98. The third kappa shape index (κ3) is 10.3. The second-order valence-electron chi connectivity index (χ2n) is 9.86. The summed E-state index contributed by atoms with van der Waals surface area (Å²) >= 11 is 0. The summed E-state index contributed by atoms with van der Waals surface area (Å²) in [4.78, 5) is 10.8. The first-order valence-electron chi connectivity index (χ1n) is 13.1. The van der Waals surface area contributed by atoms with Crippen molar-refractivity contribution in [3.05, 3.63) is 47.5 Å². The Labute approximate surface area is 196 Å². The van der Waals surface area contributed by atoms with Crippen LogP contribution >= 0.6 is 0 Å². The third-order valence-electron chi connectivity index (χ3n) is 7.11. The maximum Gasteiger partial charge on any atom is 0.303 e. The fraction of sp³-hybridized carbons (Fsp3) is 0.690. The molecule has 0 aromatic heterocycles. The highest BCUT2D eigenvalue weighted by Crippen LogP contribution is 2.44. The van der Waals surface area contributed by atoms with Crippen LogP contribution in [0.4, 0.5) is 0 Å². The Hall–Kier alpha value is -1.61. The molecule has 1 aromatic rings. The number of aryl methyl sites for hydroxylation is 1. The van der Waals surface area contributed by atoms with Crippen molar-refractivity contribution in [1.29, 1.82) is 0 Å². The summed E-state index contributed by atoms with van der Waals surface area (Å²) in [6.07, 6.45) is 18.5. The topological polar surface area (TPSA) is 46.5 Å². The van der Waals surface area contributed by atoms with Crippen molar-refractivity contribution >= 4 is 5.97 Å². The second-order valence-corrected chi connectivity index (χ2v) is 9.86. The van der Waals surface area contributed by atoms with Crippen LogP contribution < -0.4 is 0 Å². The van der Waals surface area contributed by atoms with Crippen molar-refractivity contribution in [3.8, 4) is 0 Å². The van der Waals surface area contributed by atoms with Crippen LogP contribution in [-0.2, 0) is 16.1 Å². The Balaban J connectivity index is 0.000000329. The minimum absolute atomic E-state index is 0.0542. The average Bonchev–Trinajstić information content (AvgIpc) is 3.42. The van der Waals surface area contributed by atoms with Crippen LogP contribution in [0.25, 0.3) is 0 Å². The van der Waals surface area contributed by atoms with Crippen molar-refractivity contribution in [2.45, 2.75) is 111 Å². The van der Waals surface area contributed by atoms with E-state index in [2.05, 4.69) is 57.2 Å². The minimum atomic E-state index is -0.739. The van der Waals surface area contributed by atoms with Crippen LogP contribution in [0.3, 0.4) is 0 Å². The number of rotatable bonds is 14. The first kappa shape index (κ1) is 26.6. The van der Waals surface area contributed by atoms with Gasteiger partial charge in [-0.05, 0) is 55.9 Å². The van der Waals surface area contributed by atoms with E-state index in [-0.39, 0.29) is 12.5 Å². The zero-order valence-electron chi connectivity index (χ0n) is 20.7. The Bertz CT molecular complexity index is 663. The lowest BCUT2D eigenvalue weighted by Crippen LogP contribution is -2.15. The number of fused-ring (bicyclic) bond motifs is 2. The van der Waals surface area contributed by atoms with E-state index in [9.17, 15) is 4.79 Å². The highest BCUT2D eigenvalue weighted by Gasteiger charge is 2.33. The zero-order valence-corrected chi connectivity index (χ0v) is 20.7. The Kier molecular flexibility index (Phi) is 12.7. The van der Waals surface area contributed by atoms with Gasteiger partial charge in [0.15, 0.2) is 0 Å². The molecule has 2 bridgehead atoms. The predicted molar refractivity (Wildman–Crippen MR) is 134 cm³/mol. The van der Waals surface area contributed by atoms with Gasteiger partial charge in [0.2, 0.25) is 0 Å². The third-order valence-corrected chi connectivity index (χ3v) is 7.11. The lowest BCUT2D eigenvalue weighted by Gasteiger charge is -2.17. The molecule has 0 amide bonds. The molecule has 3 heteroatoms. The maximum absolute atomic E-state index is 10.8. The SMILES string of the molecule is CCC1CC2C=CC1C2.CCCCCCCCC(CCC(=O)O)OCc1ccc(C)cc1. The maximum atomic E-state index is 10.8. The molecule has 180 valence electrons. The van der Waals surface area contributed by atoms with Gasteiger partial charge in [-0.15, -0.1) is 0 Å². The number of unbranched alkanes of at least 4 members (excludes halogenated alkanes) is 5. The summed E-state index contributed by atoms with van der Waals surface area (Å²) in [5.41, 5.74) is 2.39. The average molecular weight is 443 g/mol. The fourth-order valence-corrected chi connectivity index (χ4v) is 5.01.